The minimum absolute atomic E-state index is 0.294. The van der Waals surface area contributed by atoms with E-state index >= 15 is 0 Å². The van der Waals surface area contributed by atoms with Gasteiger partial charge in [-0.2, -0.15) is 5.10 Å². The third-order valence-corrected chi connectivity index (χ3v) is 4.61. The molecule has 0 aliphatic rings. The van der Waals surface area contributed by atoms with Crippen LogP contribution >= 0.6 is 22.9 Å². The average molecular weight is 312 g/mol. The van der Waals surface area contributed by atoms with Crippen LogP contribution in [0.2, 0.25) is 4.34 Å². The van der Waals surface area contributed by atoms with Crippen LogP contribution in [0.3, 0.4) is 0 Å². The Kier molecular flexibility index (Phi) is 5.64. The maximum atomic E-state index is 6.03. The Balaban J connectivity index is 2.19. The Hall–Kier alpha value is -0.840. The number of aryl methyl sites for hydroxylation is 2. The van der Waals surface area contributed by atoms with Crippen LogP contribution in [0.5, 0.6) is 0 Å². The summed E-state index contributed by atoms with van der Waals surface area (Å²) < 4.78 is 2.86. The first-order valence-electron chi connectivity index (χ1n) is 7.14. The van der Waals surface area contributed by atoms with Gasteiger partial charge in [0.15, 0.2) is 0 Å². The Morgan fingerprint density at radius 2 is 2.20 bits per heavy atom. The van der Waals surface area contributed by atoms with E-state index in [1.807, 2.05) is 17.8 Å². The van der Waals surface area contributed by atoms with E-state index in [-0.39, 0.29) is 0 Å². The van der Waals surface area contributed by atoms with Crippen LogP contribution in [0.25, 0.3) is 0 Å². The molecule has 0 amide bonds. The van der Waals surface area contributed by atoms with Crippen molar-refractivity contribution in [2.45, 2.75) is 39.2 Å². The summed E-state index contributed by atoms with van der Waals surface area (Å²) in [7, 11) is 2.02. The number of hydrogen-bond acceptors (Lipinski definition) is 3. The van der Waals surface area contributed by atoms with Gasteiger partial charge in [-0.1, -0.05) is 25.4 Å². The van der Waals surface area contributed by atoms with Gasteiger partial charge in [0.2, 0.25) is 0 Å². The molecule has 1 atom stereocenters. The Labute approximate surface area is 130 Å². The molecular weight excluding hydrogens is 290 g/mol. The molecule has 2 rings (SSSR count). The van der Waals surface area contributed by atoms with Crippen molar-refractivity contribution in [2.75, 3.05) is 6.54 Å². The van der Waals surface area contributed by atoms with Crippen molar-refractivity contribution in [1.82, 2.24) is 15.1 Å². The molecule has 0 spiro atoms. The molecule has 2 aromatic rings. The van der Waals surface area contributed by atoms with Gasteiger partial charge < -0.3 is 5.32 Å². The molecule has 20 heavy (non-hydrogen) atoms. The van der Waals surface area contributed by atoms with Gasteiger partial charge in [0, 0.05) is 18.3 Å². The van der Waals surface area contributed by atoms with E-state index in [1.54, 1.807) is 11.3 Å². The van der Waals surface area contributed by atoms with Crippen molar-refractivity contribution in [1.29, 1.82) is 0 Å². The van der Waals surface area contributed by atoms with E-state index < -0.39 is 0 Å². The maximum Gasteiger partial charge on any atom is 0.0931 e. The summed E-state index contributed by atoms with van der Waals surface area (Å²) in [5.41, 5.74) is 2.40. The fourth-order valence-corrected chi connectivity index (χ4v) is 3.44. The van der Waals surface area contributed by atoms with Crippen LogP contribution in [0, 0.1) is 0 Å². The molecule has 3 nitrogen and oxygen atoms in total. The van der Waals surface area contributed by atoms with Crippen LogP contribution in [0.15, 0.2) is 18.2 Å². The van der Waals surface area contributed by atoms with Crippen LogP contribution in [-0.2, 0) is 19.9 Å². The molecule has 0 saturated heterocycles. The molecule has 2 heterocycles. The molecule has 110 valence electrons. The lowest BCUT2D eigenvalue weighted by Crippen LogP contribution is -2.25. The van der Waals surface area contributed by atoms with Gasteiger partial charge in [-0.05, 0) is 37.6 Å². The lowest BCUT2D eigenvalue weighted by atomic mass is 10.1. The second-order valence-electron chi connectivity index (χ2n) is 4.95. The fraction of sp³-hybridized carbons (Fsp3) is 0.533. The quantitative estimate of drug-likeness (QED) is 0.838. The molecule has 0 aliphatic heterocycles. The zero-order valence-corrected chi connectivity index (χ0v) is 13.9. The molecule has 1 N–H and O–H groups in total. The highest BCUT2D eigenvalue weighted by Gasteiger charge is 2.17. The van der Waals surface area contributed by atoms with E-state index in [9.17, 15) is 0 Å². The molecule has 0 aliphatic carbocycles. The molecule has 0 saturated carbocycles. The van der Waals surface area contributed by atoms with E-state index in [0.717, 1.165) is 35.8 Å². The second-order valence-corrected chi connectivity index (χ2v) is 6.75. The smallest absolute Gasteiger partial charge is 0.0931 e. The number of aromatic nitrogens is 2. The largest absolute Gasteiger partial charge is 0.308 e. The van der Waals surface area contributed by atoms with Crippen molar-refractivity contribution in [2.24, 2.45) is 7.05 Å². The zero-order chi connectivity index (χ0) is 14.5. The predicted molar refractivity (Wildman–Crippen MR) is 86.7 cm³/mol. The zero-order valence-electron chi connectivity index (χ0n) is 12.3. The highest BCUT2D eigenvalue weighted by Crippen LogP contribution is 2.27. The average Bonchev–Trinajstić information content (AvgIpc) is 3.00. The van der Waals surface area contributed by atoms with Gasteiger partial charge in [-0.15, -0.1) is 11.3 Å². The van der Waals surface area contributed by atoms with Crippen molar-refractivity contribution in [3.63, 3.8) is 0 Å². The van der Waals surface area contributed by atoms with Gasteiger partial charge in [0.1, 0.15) is 0 Å². The van der Waals surface area contributed by atoms with Crippen molar-refractivity contribution < 1.29 is 0 Å². The first kappa shape index (κ1) is 15.5. The normalized spacial score (nSPS) is 12.8. The van der Waals surface area contributed by atoms with Crippen LogP contribution in [0.1, 0.15) is 42.6 Å². The van der Waals surface area contributed by atoms with Gasteiger partial charge in [-0.25, -0.2) is 0 Å². The fourth-order valence-electron chi connectivity index (χ4n) is 2.30. The van der Waals surface area contributed by atoms with E-state index in [1.165, 1.54) is 10.6 Å². The van der Waals surface area contributed by atoms with Gasteiger partial charge in [-0.3, -0.25) is 4.68 Å². The Morgan fingerprint density at radius 3 is 2.75 bits per heavy atom. The number of nitrogens with one attached hydrogen (secondary N) is 1. The topological polar surface area (TPSA) is 29.9 Å². The molecule has 0 fully saturated rings. The summed E-state index contributed by atoms with van der Waals surface area (Å²) in [4.78, 5) is 1.31. The number of thiophene rings is 1. The highest BCUT2D eigenvalue weighted by molar-refractivity contribution is 7.16. The molecule has 0 bridgehead atoms. The standard InChI is InChI=1S/C15H22ClN3S/c1-4-8-17-13(10-12-6-7-15(16)20-12)14-9-11(5-2)18-19(14)3/h6-7,9,13,17H,4-5,8,10H2,1-3H3. The number of rotatable bonds is 7. The van der Waals surface area contributed by atoms with Crippen LogP contribution in [-0.4, -0.2) is 16.3 Å². The highest BCUT2D eigenvalue weighted by atomic mass is 35.5. The summed E-state index contributed by atoms with van der Waals surface area (Å²) in [6, 6.07) is 6.59. The predicted octanol–water partition coefficient (Wildman–Crippen LogP) is 3.98. The van der Waals surface area contributed by atoms with E-state index in [2.05, 4.69) is 36.4 Å². The second kappa shape index (κ2) is 7.25. The van der Waals surface area contributed by atoms with Crippen molar-refractivity contribution >= 4 is 22.9 Å². The van der Waals surface area contributed by atoms with Crippen molar-refractivity contribution in [3.8, 4) is 0 Å². The first-order chi connectivity index (χ1) is 9.63. The Bertz CT molecular complexity index is 547. The first-order valence-corrected chi connectivity index (χ1v) is 8.33. The minimum Gasteiger partial charge on any atom is -0.308 e. The molecule has 0 radical (unpaired) electrons. The molecule has 2 aromatic heterocycles. The summed E-state index contributed by atoms with van der Waals surface area (Å²) in [6.45, 7) is 5.34. The molecule has 1 unspecified atom stereocenters. The summed E-state index contributed by atoms with van der Waals surface area (Å²) >= 11 is 7.69. The van der Waals surface area contributed by atoms with Gasteiger partial charge >= 0.3 is 0 Å². The third kappa shape index (κ3) is 3.84. The SMILES string of the molecule is CCCNC(Cc1ccc(Cl)s1)c1cc(CC)nn1C. The molecular formula is C15H22ClN3S. The Morgan fingerprint density at radius 1 is 1.40 bits per heavy atom. The maximum absolute atomic E-state index is 6.03. The van der Waals surface area contributed by atoms with E-state index in [4.69, 9.17) is 11.6 Å². The molecule has 0 aromatic carbocycles. The summed E-state index contributed by atoms with van der Waals surface area (Å²) in [5.74, 6) is 0. The van der Waals surface area contributed by atoms with Gasteiger partial charge in [0.05, 0.1) is 21.8 Å². The monoisotopic (exact) mass is 311 g/mol. The third-order valence-electron chi connectivity index (χ3n) is 3.36. The lowest BCUT2D eigenvalue weighted by molar-refractivity contribution is 0.495. The lowest BCUT2D eigenvalue weighted by Gasteiger charge is -2.18. The van der Waals surface area contributed by atoms with Crippen LogP contribution in [0.4, 0.5) is 0 Å². The van der Waals surface area contributed by atoms with Crippen LogP contribution < -0.4 is 5.32 Å². The number of halogens is 1. The number of hydrogen-bond donors (Lipinski definition) is 1. The molecule has 5 heteroatoms. The summed E-state index contributed by atoms with van der Waals surface area (Å²) in [6.07, 6.45) is 3.05. The number of nitrogens with zero attached hydrogens (tertiary/aromatic N) is 2. The van der Waals surface area contributed by atoms with E-state index in [0.29, 0.717) is 6.04 Å². The van der Waals surface area contributed by atoms with Crippen molar-refractivity contribution in [3.05, 3.63) is 38.8 Å². The minimum atomic E-state index is 0.294. The van der Waals surface area contributed by atoms with Gasteiger partial charge in [0.25, 0.3) is 0 Å². The summed E-state index contributed by atoms with van der Waals surface area (Å²) in [5, 5.41) is 8.18.